The standard InChI is InChI=1S/C14H19BrO3/c1-17-6-7-18-14-5-4-11(9-12(14)15)13(16)8-10-2-3-10/h4-5,9-10,13,16H,2-3,6-8H2,1H3. The van der Waals surface area contributed by atoms with Gasteiger partial charge in [0.1, 0.15) is 12.4 Å². The van der Waals surface area contributed by atoms with Gasteiger partial charge in [-0.25, -0.2) is 0 Å². The van der Waals surface area contributed by atoms with E-state index in [-0.39, 0.29) is 6.10 Å². The molecule has 1 aromatic rings. The van der Waals surface area contributed by atoms with Crippen molar-refractivity contribution in [2.45, 2.75) is 25.4 Å². The predicted octanol–water partition coefficient (Wildman–Crippen LogP) is 3.31. The molecule has 0 saturated heterocycles. The van der Waals surface area contributed by atoms with Crippen molar-refractivity contribution in [1.82, 2.24) is 0 Å². The van der Waals surface area contributed by atoms with Crippen LogP contribution in [0.25, 0.3) is 0 Å². The number of ether oxygens (including phenoxy) is 2. The molecule has 0 aromatic heterocycles. The van der Waals surface area contributed by atoms with Crippen molar-refractivity contribution >= 4 is 15.9 Å². The molecule has 1 unspecified atom stereocenters. The van der Waals surface area contributed by atoms with Crippen LogP contribution >= 0.6 is 15.9 Å². The van der Waals surface area contributed by atoms with E-state index in [0.29, 0.717) is 13.2 Å². The summed E-state index contributed by atoms with van der Waals surface area (Å²) < 4.78 is 11.4. The third-order valence-electron chi connectivity index (χ3n) is 3.14. The van der Waals surface area contributed by atoms with E-state index >= 15 is 0 Å². The highest BCUT2D eigenvalue weighted by Gasteiger charge is 2.25. The van der Waals surface area contributed by atoms with Crippen molar-refractivity contribution in [2.75, 3.05) is 20.3 Å². The highest BCUT2D eigenvalue weighted by Crippen LogP contribution is 2.38. The number of halogens is 1. The van der Waals surface area contributed by atoms with Gasteiger partial charge in [0.15, 0.2) is 0 Å². The molecule has 2 rings (SSSR count). The van der Waals surface area contributed by atoms with E-state index in [1.807, 2.05) is 18.2 Å². The summed E-state index contributed by atoms with van der Waals surface area (Å²) in [5, 5.41) is 10.1. The molecule has 1 aromatic carbocycles. The number of benzene rings is 1. The molecular weight excluding hydrogens is 296 g/mol. The monoisotopic (exact) mass is 314 g/mol. The van der Waals surface area contributed by atoms with E-state index in [1.54, 1.807) is 7.11 Å². The maximum absolute atomic E-state index is 10.1. The fourth-order valence-electron chi connectivity index (χ4n) is 1.88. The summed E-state index contributed by atoms with van der Waals surface area (Å²) in [6.45, 7) is 1.09. The van der Waals surface area contributed by atoms with Crippen LogP contribution in [0.1, 0.15) is 30.9 Å². The normalized spacial score (nSPS) is 16.6. The largest absolute Gasteiger partial charge is 0.490 e. The molecule has 100 valence electrons. The average Bonchev–Trinajstić information content (AvgIpc) is 3.15. The van der Waals surface area contributed by atoms with Crippen molar-refractivity contribution in [1.29, 1.82) is 0 Å². The van der Waals surface area contributed by atoms with Crippen LogP contribution < -0.4 is 4.74 Å². The summed E-state index contributed by atoms with van der Waals surface area (Å²) in [5.74, 6) is 1.51. The molecule has 0 bridgehead atoms. The van der Waals surface area contributed by atoms with Gasteiger partial charge < -0.3 is 14.6 Å². The van der Waals surface area contributed by atoms with Gasteiger partial charge in [-0.1, -0.05) is 18.9 Å². The summed E-state index contributed by atoms with van der Waals surface area (Å²) in [6.07, 6.45) is 3.03. The van der Waals surface area contributed by atoms with Crippen LogP contribution in [0, 0.1) is 5.92 Å². The maximum Gasteiger partial charge on any atom is 0.133 e. The first-order valence-corrected chi connectivity index (χ1v) is 7.09. The second kappa shape index (κ2) is 6.55. The Morgan fingerprint density at radius 3 is 2.78 bits per heavy atom. The first kappa shape index (κ1) is 13.8. The van der Waals surface area contributed by atoms with Gasteiger partial charge in [0.25, 0.3) is 0 Å². The van der Waals surface area contributed by atoms with Crippen molar-refractivity contribution in [2.24, 2.45) is 5.92 Å². The Balaban J connectivity index is 1.94. The molecule has 0 spiro atoms. The van der Waals surface area contributed by atoms with Gasteiger partial charge in [-0.15, -0.1) is 0 Å². The molecule has 1 saturated carbocycles. The third kappa shape index (κ3) is 3.97. The molecule has 18 heavy (non-hydrogen) atoms. The minimum Gasteiger partial charge on any atom is -0.490 e. The van der Waals surface area contributed by atoms with E-state index in [0.717, 1.165) is 28.1 Å². The Labute approximate surface area is 116 Å². The second-order valence-corrected chi connectivity index (χ2v) is 5.58. The molecular formula is C14H19BrO3. The zero-order chi connectivity index (χ0) is 13.0. The molecule has 0 aliphatic heterocycles. The van der Waals surface area contributed by atoms with Crippen LogP contribution in [0.4, 0.5) is 0 Å². The van der Waals surface area contributed by atoms with E-state index in [1.165, 1.54) is 12.8 Å². The fourth-order valence-corrected chi connectivity index (χ4v) is 2.39. The lowest BCUT2D eigenvalue weighted by Gasteiger charge is -2.13. The van der Waals surface area contributed by atoms with Crippen LogP contribution in [0.2, 0.25) is 0 Å². The van der Waals surface area contributed by atoms with E-state index in [4.69, 9.17) is 9.47 Å². The maximum atomic E-state index is 10.1. The topological polar surface area (TPSA) is 38.7 Å². The van der Waals surface area contributed by atoms with E-state index in [9.17, 15) is 5.11 Å². The molecule has 3 nitrogen and oxygen atoms in total. The second-order valence-electron chi connectivity index (χ2n) is 4.73. The SMILES string of the molecule is COCCOc1ccc(C(O)CC2CC2)cc1Br. The van der Waals surface area contributed by atoms with Crippen LogP contribution in [0.15, 0.2) is 22.7 Å². The van der Waals surface area contributed by atoms with Gasteiger partial charge in [0.2, 0.25) is 0 Å². The molecule has 1 N–H and O–H groups in total. The molecule has 0 heterocycles. The fraction of sp³-hybridized carbons (Fsp3) is 0.571. The van der Waals surface area contributed by atoms with Crippen LogP contribution in [0.5, 0.6) is 5.75 Å². The first-order chi connectivity index (χ1) is 8.70. The lowest BCUT2D eigenvalue weighted by molar-refractivity contribution is 0.145. The van der Waals surface area contributed by atoms with Crippen molar-refractivity contribution < 1.29 is 14.6 Å². The number of rotatable bonds is 7. The first-order valence-electron chi connectivity index (χ1n) is 6.30. The molecule has 0 radical (unpaired) electrons. The van der Waals surface area contributed by atoms with Gasteiger partial charge in [-0.05, 0) is 46.0 Å². The Kier molecular flexibility index (Phi) is 5.03. The summed E-state index contributed by atoms with van der Waals surface area (Å²) in [5.41, 5.74) is 0.952. The molecule has 4 heteroatoms. The van der Waals surface area contributed by atoms with Crippen LogP contribution in [0.3, 0.4) is 0 Å². The number of aliphatic hydroxyl groups excluding tert-OH is 1. The van der Waals surface area contributed by atoms with Crippen molar-refractivity contribution in [3.05, 3.63) is 28.2 Å². The van der Waals surface area contributed by atoms with E-state index in [2.05, 4.69) is 15.9 Å². The quantitative estimate of drug-likeness (QED) is 0.785. The lowest BCUT2D eigenvalue weighted by Crippen LogP contribution is -2.05. The van der Waals surface area contributed by atoms with Crippen molar-refractivity contribution in [3.8, 4) is 5.75 Å². The Morgan fingerprint density at radius 2 is 2.17 bits per heavy atom. The number of hydrogen-bond acceptors (Lipinski definition) is 3. The lowest BCUT2D eigenvalue weighted by atomic mass is 10.0. The Bertz CT molecular complexity index is 391. The minimum absolute atomic E-state index is 0.359. The molecule has 1 fully saturated rings. The summed E-state index contributed by atoms with van der Waals surface area (Å²) in [4.78, 5) is 0. The van der Waals surface area contributed by atoms with Gasteiger partial charge in [0.05, 0.1) is 17.2 Å². The average molecular weight is 315 g/mol. The van der Waals surface area contributed by atoms with Crippen LogP contribution in [-0.2, 0) is 4.74 Å². The summed E-state index contributed by atoms with van der Waals surface area (Å²) >= 11 is 3.47. The summed E-state index contributed by atoms with van der Waals surface area (Å²) in [7, 11) is 1.65. The summed E-state index contributed by atoms with van der Waals surface area (Å²) in [6, 6.07) is 5.76. The molecule has 1 aliphatic carbocycles. The molecule has 1 aliphatic rings. The van der Waals surface area contributed by atoms with Gasteiger partial charge in [0, 0.05) is 7.11 Å². The van der Waals surface area contributed by atoms with Gasteiger partial charge >= 0.3 is 0 Å². The van der Waals surface area contributed by atoms with Crippen LogP contribution in [-0.4, -0.2) is 25.4 Å². The third-order valence-corrected chi connectivity index (χ3v) is 3.76. The zero-order valence-electron chi connectivity index (χ0n) is 10.6. The predicted molar refractivity (Wildman–Crippen MR) is 73.8 cm³/mol. The Hall–Kier alpha value is -0.580. The number of aliphatic hydroxyl groups is 1. The molecule has 0 amide bonds. The molecule has 1 atom stereocenters. The zero-order valence-corrected chi connectivity index (χ0v) is 12.1. The number of methoxy groups -OCH3 is 1. The number of hydrogen-bond donors (Lipinski definition) is 1. The van der Waals surface area contributed by atoms with E-state index < -0.39 is 0 Å². The van der Waals surface area contributed by atoms with Crippen molar-refractivity contribution in [3.63, 3.8) is 0 Å². The highest BCUT2D eigenvalue weighted by molar-refractivity contribution is 9.10. The highest BCUT2D eigenvalue weighted by atomic mass is 79.9. The smallest absolute Gasteiger partial charge is 0.133 e. The van der Waals surface area contributed by atoms with Gasteiger partial charge in [-0.2, -0.15) is 0 Å². The Morgan fingerprint density at radius 1 is 1.39 bits per heavy atom. The van der Waals surface area contributed by atoms with Gasteiger partial charge in [-0.3, -0.25) is 0 Å². The minimum atomic E-state index is -0.359.